The Kier molecular flexibility index (Phi) is 5.76. The molecular formula is C22H29N3O4. The molecule has 2 heterocycles. The smallest absolute Gasteiger partial charge is 0.260 e. The molecule has 156 valence electrons. The van der Waals surface area contributed by atoms with Gasteiger partial charge in [-0.1, -0.05) is 0 Å². The predicted molar refractivity (Wildman–Crippen MR) is 110 cm³/mol. The Labute approximate surface area is 171 Å². The van der Waals surface area contributed by atoms with Crippen LogP contribution in [-0.2, 0) is 22.4 Å². The van der Waals surface area contributed by atoms with Crippen molar-refractivity contribution in [1.29, 1.82) is 0 Å². The molecule has 2 amide bonds. The minimum atomic E-state index is -0.207. The van der Waals surface area contributed by atoms with Crippen LogP contribution in [0.5, 0.6) is 5.75 Å². The predicted octanol–water partition coefficient (Wildman–Crippen LogP) is 1.92. The maximum atomic E-state index is 12.4. The molecule has 0 bridgehead atoms. The highest BCUT2D eigenvalue weighted by Gasteiger charge is 2.22. The van der Waals surface area contributed by atoms with Gasteiger partial charge in [-0.25, -0.2) is 0 Å². The first kappa shape index (κ1) is 19.8. The zero-order valence-electron chi connectivity index (χ0n) is 17.3. The maximum Gasteiger partial charge on any atom is 0.260 e. The number of benzene rings is 1. The van der Waals surface area contributed by atoms with Gasteiger partial charge >= 0.3 is 0 Å². The number of aryl methyl sites for hydroxylation is 2. The summed E-state index contributed by atoms with van der Waals surface area (Å²) < 4.78 is 11.7. The molecule has 2 aromatic rings. The first-order chi connectivity index (χ1) is 14.0. The van der Waals surface area contributed by atoms with Gasteiger partial charge in [0.15, 0.2) is 6.61 Å². The Hall–Kier alpha value is -2.54. The lowest BCUT2D eigenvalue weighted by Gasteiger charge is -2.33. The van der Waals surface area contributed by atoms with Crippen LogP contribution in [0.2, 0.25) is 0 Å². The number of piperazine rings is 1. The summed E-state index contributed by atoms with van der Waals surface area (Å²) in [5.74, 6) is 1.52. The van der Waals surface area contributed by atoms with Gasteiger partial charge in [0.1, 0.15) is 17.1 Å². The number of amides is 2. The largest absolute Gasteiger partial charge is 0.484 e. The number of nitrogens with zero attached hydrogens (tertiary/aromatic N) is 3. The lowest BCUT2D eigenvalue weighted by molar-refractivity contribution is -0.141. The molecule has 1 fully saturated rings. The first-order valence-electron chi connectivity index (χ1n) is 10.4. The van der Waals surface area contributed by atoms with E-state index in [-0.39, 0.29) is 25.0 Å². The van der Waals surface area contributed by atoms with Crippen LogP contribution in [0.15, 0.2) is 22.6 Å². The average molecular weight is 399 g/mol. The van der Waals surface area contributed by atoms with Crippen molar-refractivity contribution >= 4 is 22.8 Å². The average Bonchev–Trinajstić information content (AvgIpc) is 3.10. The summed E-state index contributed by atoms with van der Waals surface area (Å²) in [6.07, 6.45) is 4.37. The lowest BCUT2D eigenvalue weighted by Crippen LogP contribution is -2.50. The number of ether oxygens (including phenoxy) is 1. The molecule has 1 aromatic carbocycles. The van der Waals surface area contributed by atoms with Crippen LogP contribution in [0, 0.1) is 0 Å². The molecule has 4 rings (SSSR count). The molecular weight excluding hydrogens is 370 g/mol. The van der Waals surface area contributed by atoms with Crippen LogP contribution < -0.4 is 4.74 Å². The summed E-state index contributed by atoms with van der Waals surface area (Å²) in [6, 6.07) is 5.71. The topological polar surface area (TPSA) is 66.2 Å². The summed E-state index contributed by atoms with van der Waals surface area (Å²) in [5, 5.41) is 1.09. The summed E-state index contributed by atoms with van der Waals surface area (Å²) in [7, 11) is 3.70. The van der Waals surface area contributed by atoms with Gasteiger partial charge in [0, 0.05) is 50.6 Å². The van der Waals surface area contributed by atoms with E-state index in [0.29, 0.717) is 18.8 Å². The van der Waals surface area contributed by atoms with Crippen LogP contribution in [0.3, 0.4) is 0 Å². The van der Waals surface area contributed by atoms with Crippen LogP contribution in [0.4, 0.5) is 0 Å². The van der Waals surface area contributed by atoms with E-state index >= 15 is 0 Å². The number of rotatable bonds is 5. The monoisotopic (exact) mass is 399 g/mol. The third-order valence-corrected chi connectivity index (χ3v) is 5.94. The van der Waals surface area contributed by atoms with Crippen LogP contribution in [0.25, 0.3) is 11.0 Å². The van der Waals surface area contributed by atoms with Crippen molar-refractivity contribution in [2.75, 3.05) is 53.4 Å². The fraction of sp³-hybridized carbons (Fsp3) is 0.545. The molecule has 1 aliphatic heterocycles. The zero-order valence-corrected chi connectivity index (χ0v) is 17.3. The quantitative estimate of drug-likeness (QED) is 0.769. The molecule has 0 N–H and O–H groups in total. The molecule has 29 heavy (non-hydrogen) atoms. The van der Waals surface area contributed by atoms with Crippen molar-refractivity contribution in [2.24, 2.45) is 0 Å². The van der Waals surface area contributed by atoms with Gasteiger partial charge in [-0.3, -0.25) is 9.59 Å². The number of carbonyl (C=O) groups excluding carboxylic acids is 2. The van der Waals surface area contributed by atoms with Crippen molar-refractivity contribution in [2.45, 2.75) is 25.7 Å². The molecule has 1 aromatic heterocycles. The molecule has 2 aliphatic rings. The normalized spacial score (nSPS) is 17.2. The van der Waals surface area contributed by atoms with E-state index in [1.165, 1.54) is 23.3 Å². The van der Waals surface area contributed by atoms with Crippen molar-refractivity contribution in [3.8, 4) is 5.75 Å². The number of carbonyl (C=O) groups is 2. The molecule has 0 atom stereocenters. The summed E-state index contributed by atoms with van der Waals surface area (Å²) in [4.78, 5) is 30.3. The third-order valence-electron chi connectivity index (χ3n) is 5.94. The Morgan fingerprint density at radius 2 is 1.90 bits per heavy atom. The van der Waals surface area contributed by atoms with Crippen molar-refractivity contribution < 1.29 is 18.7 Å². The van der Waals surface area contributed by atoms with E-state index in [0.717, 1.165) is 42.7 Å². The Bertz CT molecular complexity index is 899. The summed E-state index contributed by atoms with van der Waals surface area (Å²) >= 11 is 0. The number of likely N-dealkylation sites (N-methyl/N-ethyl adjacent to an activating group) is 2. The fourth-order valence-corrected chi connectivity index (χ4v) is 4.03. The van der Waals surface area contributed by atoms with Gasteiger partial charge in [0.2, 0.25) is 5.91 Å². The number of hydrogen-bond donors (Lipinski definition) is 0. The summed E-state index contributed by atoms with van der Waals surface area (Å²) in [6.45, 7) is 3.16. The second-order valence-electron chi connectivity index (χ2n) is 8.09. The molecule has 1 saturated heterocycles. The molecule has 7 nitrogen and oxygen atoms in total. The van der Waals surface area contributed by atoms with Gasteiger partial charge in [-0.05, 0) is 44.5 Å². The van der Waals surface area contributed by atoms with Gasteiger partial charge < -0.3 is 23.9 Å². The fourth-order valence-electron chi connectivity index (χ4n) is 4.03. The lowest BCUT2D eigenvalue weighted by atomic mass is 9.96. The van der Waals surface area contributed by atoms with Crippen LogP contribution in [-0.4, -0.2) is 79.9 Å². The molecule has 0 saturated carbocycles. The zero-order chi connectivity index (χ0) is 20.4. The van der Waals surface area contributed by atoms with Crippen LogP contribution in [0.1, 0.15) is 24.2 Å². The van der Waals surface area contributed by atoms with E-state index in [1.807, 2.05) is 30.1 Å². The van der Waals surface area contributed by atoms with E-state index < -0.39 is 0 Å². The van der Waals surface area contributed by atoms with Crippen molar-refractivity contribution in [1.82, 2.24) is 14.7 Å². The SMILES string of the molecule is CN1CCN(C(=O)CN(C)C(=O)COc2ccc3oc4c(c3c2)CCCC4)CC1. The van der Waals surface area contributed by atoms with Crippen LogP contribution >= 0.6 is 0 Å². The van der Waals surface area contributed by atoms with E-state index in [9.17, 15) is 9.59 Å². The highest BCUT2D eigenvalue weighted by atomic mass is 16.5. The highest BCUT2D eigenvalue weighted by Crippen LogP contribution is 2.33. The molecule has 0 unspecified atom stereocenters. The number of fused-ring (bicyclic) bond motifs is 3. The Balaban J connectivity index is 1.32. The molecule has 1 aliphatic carbocycles. The Morgan fingerprint density at radius 1 is 1.14 bits per heavy atom. The third kappa shape index (κ3) is 4.40. The minimum Gasteiger partial charge on any atom is -0.484 e. The van der Waals surface area contributed by atoms with Gasteiger partial charge in [-0.15, -0.1) is 0 Å². The minimum absolute atomic E-state index is 0.0135. The standard InChI is InChI=1S/C22H29N3O4/c1-23-9-11-25(12-10-23)21(26)14-24(2)22(27)15-28-16-7-8-20-18(13-16)17-5-3-4-6-19(17)29-20/h7-8,13H,3-6,9-12,14-15H2,1-2H3. The maximum absolute atomic E-state index is 12.4. The van der Waals surface area contributed by atoms with E-state index in [2.05, 4.69) is 4.90 Å². The van der Waals surface area contributed by atoms with Gasteiger partial charge in [0.25, 0.3) is 5.91 Å². The highest BCUT2D eigenvalue weighted by molar-refractivity contribution is 5.86. The second kappa shape index (κ2) is 8.45. The van der Waals surface area contributed by atoms with Crippen molar-refractivity contribution in [3.63, 3.8) is 0 Å². The second-order valence-corrected chi connectivity index (χ2v) is 8.09. The summed E-state index contributed by atoms with van der Waals surface area (Å²) in [5.41, 5.74) is 2.16. The molecule has 0 radical (unpaired) electrons. The van der Waals surface area contributed by atoms with Crippen molar-refractivity contribution in [3.05, 3.63) is 29.5 Å². The number of furan rings is 1. The van der Waals surface area contributed by atoms with Gasteiger partial charge in [-0.2, -0.15) is 0 Å². The van der Waals surface area contributed by atoms with E-state index in [4.69, 9.17) is 9.15 Å². The van der Waals surface area contributed by atoms with Gasteiger partial charge in [0.05, 0.1) is 6.54 Å². The Morgan fingerprint density at radius 3 is 2.69 bits per heavy atom. The number of hydrogen-bond acceptors (Lipinski definition) is 5. The molecule has 0 spiro atoms. The first-order valence-corrected chi connectivity index (χ1v) is 10.4. The molecule has 7 heteroatoms. The van der Waals surface area contributed by atoms with E-state index in [1.54, 1.807) is 7.05 Å².